The van der Waals surface area contributed by atoms with E-state index in [0.29, 0.717) is 16.9 Å². The maximum absolute atomic E-state index is 13.2. The van der Waals surface area contributed by atoms with Gasteiger partial charge in [-0.1, -0.05) is 16.8 Å². The summed E-state index contributed by atoms with van der Waals surface area (Å²) in [4.78, 5) is 3.95. The molecule has 0 bridgehead atoms. The van der Waals surface area contributed by atoms with Gasteiger partial charge in [-0.3, -0.25) is 4.98 Å². The minimum Gasteiger partial charge on any atom is -0.380 e. The molecule has 1 aromatic carbocycles. The molecule has 2 N–H and O–H groups in total. The second-order valence-electron chi connectivity index (χ2n) is 4.14. The highest BCUT2D eigenvalue weighted by Gasteiger charge is 2.18. The smallest absolute Gasteiger partial charge is 0.176 e. The number of pyridine rings is 1. The molecule has 0 atom stereocenters. The van der Waals surface area contributed by atoms with Crippen LogP contribution in [0, 0.1) is 5.82 Å². The van der Waals surface area contributed by atoms with Gasteiger partial charge in [-0.15, -0.1) is 0 Å². The zero-order chi connectivity index (χ0) is 14.1. The lowest BCUT2D eigenvalue weighted by Gasteiger charge is -2.03. The van der Waals surface area contributed by atoms with Crippen molar-refractivity contribution in [3.63, 3.8) is 0 Å². The van der Waals surface area contributed by atoms with Crippen molar-refractivity contribution in [2.75, 3.05) is 5.73 Å². The summed E-state index contributed by atoms with van der Waals surface area (Å²) in [7, 11) is 0. The highest BCUT2D eigenvalue weighted by atomic mass is 35.5. The molecule has 100 valence electrons. The Morgan fingerprint density at radius 1 is 1.10 bits per heavy atom. The predicted octanol–water partition coefficient (Wildman–Crippen LogP) is 3.78. The number of nitrogens with zero attached hydrogens (tertiary/aromatic N) is 2. The van der Waals surface area contributed by atoms with Crippen LogP contribution in [0.4, 0.5) is 10.2 Å². The van der Waals surface area contributed by atoms with Crippen molar-refractivity contribution >= 4 is 17.4 Å². The third kappa shape index (κ3) is 2.12. The zero-order valence-corrected chi connectivity index (χ0v) is 10.9. The zero-order valence-electron chi connectivity index (χ0n) is 10.2. The van der Waals surface area contributed by atoms with Crippen LogP contribution in [-0.2, 0) is 0 Å². The normalized spacial score (nSPS) is 10.7. The second kappa shape index (κ2) is 4.94. The molecule has 2 aromatic heterocycles. The molecular weight excluding hydrogens is 281 g/mol. The molecular formula is C14H9ClFN3O. The largest absolute Gasteiger partial charge is 0.380 e. The molecule has 4 nitrogen and oxygen atoms in total. The molecule has 3 rings (SSSR count). The average Bonchev–Trinajstić information content (AvgIpc) is 2.85. The number of benzene rings is 1. The maximum Gasteiger partial charge on any atom is 0.176 e. The molecule has 0 radical (unpaired) electrons. The van der Waals surface area contributed by atoms with Gasteiger partial charge in [0.2, 0.25) is 0 Å². The molecule has 0 amide bonds. The van der Waals surface area contributed by atoms with E-state index in [1.54, 1.807) is 30.6 Å². The molecule has 3 aromatic rings. The van der Waals surface area contributed by atoms with Gasteiger partial charge in [0.25, 0.3) is 0 Å². The summed E-state index contributed by atoms with van der Waals surface area (Å²) in [5, 5.41) is 3.78. The van der Waals surface area contributed by atoms with Gasteiger partial charge in [-0.05, 0) is 35.9 Å². The monoisotopic (exact) mass is 289 g/mol. The summed E-state index contributed by atoms with van der Waals surface area (Å²) in [6, 6.07) is 7.88. The summed E-state index contributed by atoms with van der Waals surface area (Å²) in [6.45, 7) is 0. The minimum absolute atomic E-state index is 0.0122. The fourth-order valence-electron chi connectivity index (χ4n) is 1.93. The fraction of sp³-hybridized carbons (Fsp3) is 0. The van der Waals surface area contributed by atoms with E-state index in [0.717, 1.165) is 5.56 Å². The van der Waals surface area contributed by atoms with Crippen LogP contribution in [0.1, 0.15) is 0 Å². The number of hydrogen-bond donors (Lipinski definition) is 1. The molecule has 20 heavy (non-hydrogen) atoms. The Morgan fingerprint density at radius 2 is 1.85 bits per heavy atom. The minimum atomic E-state index is -0.492. The summed E-state index contributed by atoms with van der Waals surface area (Å²) in [5.41, 5.74) is 7.90. The van der Waals surface area contributed by atoms with Gasteiger partial charge in [-0.25, -0.2) is 4.39 Å². The second-order valence-corrected chi connectivity index (χ2v) is 4.54. The molecule has 0 unspecified atom stereocenters. The van der Waals surface area contributed by atoms with E-state index < -0.39 is 5.82 Å². The SMILES string of the molecule is Nc1noc(-c2ccc(F)c(Cl)c2)c1-c1ccncc1. The van der Waals surface area contributed by atoms with Gasteiger partial charge < -0.3 is 10.3 Å². The summed E-state index contributed by atoms with van der Waals surface area (Å²) < 4.78 is 18.5. The third-order valence-corrected chi connectivity index (χ3v) is 3.16. The van der Waals surface area contributed by atoms with Crippen LogP contribution < -0.4 is 5.73 Å². The van der Waals surface area contributed by atoms with Gasteiger partial charge >= 0.3 is 0 Å². The number of anilines is 1. The molecule has 6 heteroatoms. The first-order valence-corrected chi connectivity index (χ1v) is 6.15. The number of nitrogen functional groups attached to an aromatic ring is 1. The molecule has 0 aliphatic carbocycles. The maximum atomic E-state index is 13.2. The summed E-state index contributed by atoms with van der Waals surface area (Å²) >= 11 is 5.79. The van der Waals surface area contributed by atoms with E-state index in [4.69, 9.17) is 21.9 Å². The number of halogens is 2. The number of aromatic nitrogens is 2. The van der Waals surface area contributed by atoms with Gasteiger partial charge in [0.05, 0.1) is 10.6 Å². The van der Waals surface area contributed by atoms with Gasteiger partial charge in [0.15, 0.2) is 11.6 Å². The first-order valence-electron chi connectivity index (χ1n) is 5.78. The van der Waals surface area contributed by atoms with Gasteiger partial charge in [0, 0.05) is 18.0 Å². The van der Waals surface area contributed by atoms with Crippen molar-refractivity contribution < 1.29 is 8.91 Å². The lowest BCUT2D eigenvalue weighted by atomic mass is 10.0. The molecule has 0 saturated heterocycles. The number of rotatable bonds is 2. The lowest BCUT2D eigenvalue weighted by Crippen LogP contribution is -1.89. The summed E-state index contributed by atoms with van der Waals surface area (Å²) in [5.74, 6) is 0.204. The Labute approximate surface area is 119 Å². The van der Waals surface area contributed by atoms with Crippen LogP contribution in [0.3, 0.4) is 0 Å². The Bertz CT molecular complexity index is 758. The van der Waals surface area contributed by atoms with Crippen LogP contribution >= 0.6 is 11.6 Å². The van der Waals surface area contributed by atoms with Crippen molar-refractivity contribution in [1.82, 2.24) is 10.1 Å². The van der Waals surface area contributed by atoms with E-state index in [2.05, 4.69) is 10.1 Å². The van der Waals surface area contributed by atoms with Crippen LogP contribution in [-0.4, -0.2) is 10.1 Å². The first-order chi connectivity index (χ1) is 9.66. The van der Waals surface area contributed by atoms with Crippen molar-refractivity contribution in [3.8, 4) is 22.5 Å². The lowest BCUT2D eigenvalue weighted by molar-refractivity contribution is 0.436. The van der Waals surface area contributed by atoms with E-state index in [1.165, 1.54) is 12.1 Å². The van der Waals surface area contributed by atoms with Crippen LogP contribution in [0.15, 0.2) is 47.2 Å². The van der Waals surface area contributed by atoms with E-state index >= 15 is 0 Å². The van der Waals surface area contributed by atoms with Crippen molar-refractivity contribution in [2.45, 2.75) is 0 Å². The molecule has 0 aliphatic rings. The van der Waals surface area contributed by atoms with Gasteiger partial charge in [-0.2, -0.15) is 0 Å². The van der Waals surface area contributed by atoms with Crippen molar-refractivity contribution in [2.24, 2.45) is 0 Å². The van der Waals surface area contributed by atoms with Gasteiger partial charge in [0.1, 0.15) is 5.82 Å². The molecule has 0 spiro atoms. The van der Waals surface area contributed by atoms with Crippen LogP contribution in [0.25, 0.3) is 22.5 Å². The Kier molecular flexibility index (Phi) is 3.12. The highest BCUT2D eigenvalue weighted by molar-refractivity contribution is 6.31. The standard InChI is InChI=1S/C14H9ClFN3O/c15-10-7-9(1-2-11(10)16)13-12(14(17)19-20-13)8-3-5-18-6-4-8/h1-7H,(H2,17,19). The van der Waals surface area contributed by atoms with Crippen LogP contribution in [0.2, 0.25) is 5.02 Å². The molecule has 2 heterocycles. The topological polar surface area (TPSA) is 64.9 Å². The fourth-order valence-corrected chi connectivity index (χ4v) is 2.11. The first kappa shape index (κ1) is 12.6. The van der Waals surface area contributed by atoms with E-state index in [9.17, 15) is 4.39 Å². The van der Waals surface area contributed by atoms with E-state index in [-0.39, 0.29) is 10.8 Å². The Morgan fingerprint density at radius 3 is 2.55 bits per heavy atom. The van der Waals surface area contributed by atoms with E-state index in [1.807, 2.05) is 0 Å². The molecule has 0 aliphatic heterocycles. The number of hydrogen-bond acceptors (Lipinski definition) is 4. The third-order valence-electron chi connectivity index (χ3n) is 2.87. The van der Waals surface area contributed by atoms with Crippen LogP contribution in [0.5, 0.6) is 0 Å². The van der Waals surface area contributed by atoms with Crippen molar-refractivity contribution in [3.05, 3.63) is 53.6 Å². The molecule has 0 saturated carbocycles. The molecule has 0 fully saturated rings. The van der Waals surface area contributed by atoms with Crippen molar-refractivity contribution in [1.29, 1.82) is 0 Å². The predicted molar refractivity (Wildman–Crippen MR) is 74.6 cm³/mol. The number of nitrogens with two attached hydrogens (primary N) is 1. The average molecular weight is 290 g/mol. The summed E-state index contributed by atoms with van der Waals surface area (Å²) in [6.07, 6.45) is 3.28. The quantitative estimate of drug-likeness (QED) is 0.780. The highest BCUT2D eigenvalue weighted by Crippen LogP contribution is 2.37. The Balaban J connectivity index is 2.18. The Hall–Kier alpha value is -2.40.